The fourth-order valence-corrected chi connectivity index (χ4v) is 2.13. The van der Waals surface area contributed by atoms with Crippen molar-refractivity contribution in [2.45, 2.75) is 0 Å². The van der Waals surface area contributed by atoms with E-state index in [0.29, 0.717) is 15.8 Å². The Hall–Kier alpha value is -2.13. The summed E-state index contributed by atoms with van der Waals surface area (Å²) in [7, 11) is 0. The van der Waals surface area contributed by atoms with Crippen molar-refractivity contribution in [3.8, 4) is 0 Å². The fourth-order valence-electron chi connectivity index (χ4n) is 1.63. The van der Waals surface area contributed by atoms with Crippen molar-refractivity contribution in [1.29, 1.82) is 0 Å². The van der Waals surface area contributed by atoms with Crippen LogP contribution in [0.5, 0.6) is 0 Å². The number of benzene rings is 1. The lowest BCUT2D eigenvalue weighted by molar-refractivity contribution is -0.123. The van der Waals surface area contributed by atoms with Gasteiger partial charge in [-0.3, -0.25) is 19.3 Å². The molecule has 0 aliphatic heterocycles. The number of anilines is 2. The van der Waals surface area contributed by atoms with E-state index in [1.54, 1.807) is 18.2 Å². The Balaban J connectivity index is 2.68. The van der Waals surface area contributed by atoms with Crippen LogP contribution < -0.4 is 22.5 Å². The number of nitrogens with two attached hydrogens (primary N) is 3. The van der Waals surface area contributed by atoms with Gasteiger partial charge in [-0.1, -0.05) is 0 Å². The minimum atomic E-state index is -0.655. The molecule has 0 aromatic heterocycles. The molecule has 0 saturated carbocycles. The van der Waals surface area contributed by atoms with Crippen LogP contribution in [0.4, 0.5) is 11.4 Å². The van der Waals surface area contributed by atoms with Crippen LogP contribution >= 0.6 is 15.9 Å². The van der Waals surface area contributed by atoms with Crippen molar-refractivity contribution in [2.24, 2.45) is 11.5 Å². The maximum Gasteiger partial charge on any atom is 0.238 e. The van der Waals surface area contributed by atoms with E-state index in [9.17, 15) is 14.4 Å². The number of nitrogen functional groups attached to an aromatic ring is 1. The number of rotatable bonds is 7. The molecule has 0 unspecified atom stereocenters. The minimum Gasteiger partial charge on any atom is -0.399 e. The molecule has 0 aliphatic carbocycles. The van der Waals surface area contributed by atoms with Gasteiger partial charge >= 0.3 is 0 Å². The number of nitrogens with zero attached hydrogens (tertiary/aromatic N) is 1. The van der Waals surface area contributed by atoms with Gasteiger partial charge in [0, 0.05) is 10.2 Å². The normalized spacial score (nSPS) is 10.4. The zero-order valence-corrected chi connectivity index (χ0v) is 12.7. The molecule has 0 saturated heterocycles. The van der Waals surface area contributed by atoms with Crippen LogP contribution in [0.15, 0.2) is 22.7 Å². The van der Waals surface area contributed by atoms with E-state index < -0.39 is 17.7 Å². The van der Waals surface area contributed by atoms with Crippen LogP contribution in [-0.4, -0.2) is 42.3 Å². The molecule has 3 amide bonds. The molecule has 0 heterocycles. The monoisotopic (exact) mass is 357 g/mol. The number of hydrogen-bond acceptors (Lipinski definition) is 5. The van der Waals surface area contributed by atoms with Gasteiger partial charge in [0.05, 0.1) is 25.3 Å². The summed E-state index contributed by atoms with van der Waals surface area (Å²) in [6, 6.07) is 4.90. The maximum absolute atomic E-state index is 11.9. The quantitative estimate of drug-likeness (QED) is 0.474. The first-order chi connectivity index (χ1) is 9.77. The molecule has 0 aliphatic rings. The third-order valence-electron chi connectivity index (χ3n) is 2.39. The van der Waals surface area contributed by atoms with Crippen LogP contribution in [0.2, 0.25) is 0 Å². The number of primary amides is 2. The minimum absolute atomic E-state index is 0.192. The van der Waals surface area contributed by atoms with Crippen molar-refractivity contribution < 1.29 is 14.4 Å². The first-order valence-corrected chi connectivity index (χ1v) is 6.71. The summed E-state index contributed by atoms with van der Waals surface area (Å²) in [6.07, 6.45) is 0. The summed E-state index contributed by atoms with van der Waals surface area (Å²) in [4.78, 5) is 35.0. The van der Waals surface area contributed by atoms with Gasteiger partial charge in [-0.2, -0.15) is 0 Å². The fraction of sp³-hybridized carbons (Fsp3) is 0.250. The second-order valence-corrected chi connectivity index (χ2v) is 5.22. The summed E-state index contributed by atoms with van der Waals surface area (Å²) in [5, 5.41) is 2.63. The Morgan fingerprint density at radius 1 is 1.10 bits per heavy atom. The number of carbonyl (C=O) groups is 3. The Kier molecular flexibility index (Phi) is 6.12. The predicted octanol–water partition coefficient (Wildman–Crippen LogP) is -0.758. The molecule has 1 aromatic carbocycles. The first-order valence-electron chi connectivity index (χ1n) is 5.91. The van der Waals surface area contributed by atoms with Crippen LogP contribution in [-0.2, 0) is 14.4 Å². The standard InChI is InChI=1S/C12H16BrN5O3/c13-8-3-7(14)1-2-9(8)17-12(21)6-18(4-10(15)19)5-11(16)20/h1-3H,4-6,14H2,(H2,15,19)(H2,16,20)(H,17,21). The highest BCUT2D eigenvalue weighted by molar-refractivity contribution is 9.10. The maximum atomic E-state index is 11.9. The molecule has 1 rings (SSSR count). The van der Waals surface area contributed by atoms with Crippen LogP contribution in [0.25, 0.3) is 0 Å². The molecule has 7 N–H and O–H groups in total. The van der Waals surface area contributed by atoms with Gasteiger partial charge in [0.25, 0.3) is 0 Å². The number of halogens is 1. The van der Waals surface area contributed by atoms with Gasteiger partial charge in [-0.15, -0.1) is 0 Å². The molecular formula is C12H16BrN5O3. The van der Waals surface area contributed by atoms with E-state index >= 15 is 0 Å². The molecule has 0 atom stereocenters. The average molecular weight is 358 g/mol. The van der Waals surface area contributed by atoms with Gasteiger partial charge in [0.1, 0.15) is 0 Å². The number of carbonyl (C=O) groups excluding carboxylic acids is 3. The molecule has 21 heavy (non-hydrogen) atoms. The van der Waals surface area contributed by atoms with Crippen molar-refractivity contribution in [1.82, 2.24) is 4.90 Å². The summed E-state index contributed by atoms with van der Waals surface area (Å²) >= 11 is 3.27. The van der Waals surface area contributed by atoms with Crippen molar-refractivity contribution in [3.63, 3.8) is 0 Å². The topological polar surface area (TPSA) is 145 Å². The Labute approximate surface area is 129 Å². The zero-order valence-electron chi connectivity index (χ0n) is 11.1. The van der Waals surface area contributed by atoms with E-state index in [1.165, 1.54) is 4.90 Å². The lowest BCUT2D eigenvalue weighted by Crippen LogP contribution is -2.43. The lowest BCUT2D eigenvalue weighted by Gasteiger charge is -2.18. The number of nitrogens with one attached hydrogen (secondary N) is 1. The zero-order chi connectivity index (χ0) is 16.0. The molecule has 0 spiro atoms. The first kappa shape index (κ1) is 16.9. The molecular weight excluding hydrogens is 342 g/mol. The van der Waals surface area contributed by atoms with Gasteiger partial charge in [0.15, 0.2) is 0 Å². The molecule has 0 bridgehead atoms. The van der Waals surface area contributed by atoms with Gasteiger partial charge in [-0.25, -0.2) is 0 Å². The predicted molar refractivity (Wildman–Crippen MR) is 82.0 cm³/mol. The smallest absolute Gasteiger partial charge is 0.238 e. The van der Waals surface area contributed by atoms with E-state index in [2.05, 4.69) is 21.2 Å². The molecule has 8 nitrogen and oxygen atoms in total. The third-order valence-corrected chi connectivity index (χ3v) is 3.05. The van der Waals surface area contributed by atoms with Gasteiger partial charge in [0.2, 0.25) is 17.7 Å². The highest BCUT2D eigenvalue weighted by Gasteiger charge is 2.16. The Morgan fingerprint density at radius 3 is 2.14 bits per heavy atom. The summed E-state index contributed by atoms with van der Waals surface area (Å²) in [5.41, 5.74) is 16.8. The summed E-state index contributed by atoms with van der Waals surface area (Å²) < 4.78 is 0.618. The number of hydrogen-bond donors (Lipinski definition) is 4. The molecule has 0 fully saturated rings. The average Bonchev–Trinajstić information content (AvgIpc) is 2.30. The van der Waals surface area contributed by atoms with E-state index in [4.69, 9.17) is 17.2 Å². The second-order valence-electron chi connectivity index (χ2n) is 4.37. The van der Waals surface area contributed by atoms with Crippen LogP contribution in [0.1, 0.15) is 0 Å². The number of amides is 3. The van der Waals surface area contributed by atoms with Crippen LogP contribution in [0, 0.1) is 0 Å². The van der Waals surface area contributed by atoms with Crippen molar-refractivity contribution >= 4 is 45.0 Å². The summed E-state index contributed by atoms with van der Waals surface area (Å²) in [5.74, 6) is -1.72. The van der Waals surface area contributed by atoms with E-state index in [0.717, 1.165) is 0 Å². The molecule has 0 radical (unpaired) electrons. The van der Waals surface area contributed by atoms with Crippen molar-refractivity contribution in [3.05, 3.63) is 22.7 Å². The Morgan fingerprint density at radius 2 is 1.67 bits per heavy atom. The molecule has 114 valence electrons. The van der Waals surface area contributed by atoms with Gasteiger partial charge < -0.3 is 22.5 Å². The highest BCUT2D eigenvalue weighted by atomic mass is 79.9. The van der Waals surface area contributed by atoms with E-state index in [1.807, 2.05) is 0 Å². The van der Waals surface area contributed by atoms with Crippen LogP contribution in [0.3, 0.4) is 0 Å². The molecule has 1 aromatic rings. The largest absolute Gasteiger partial charge is 0.399 e. The second kappa shape index (κ2) is 7.60. The van der Waals surface area contributed by atoms with E-state index in [-0.39, 0.29) is 19.6 Å². The summed E-state index contributed by atoms with van der Waals surface area (Å²) in [6.45, 7) is -0.665. The SMILES string of the molecule is NC(=O)CN(CC(N)=O)CC(=O)Nc1ccc(N)cc1Br. The third kappa shape index (κ3) is 6.23. The lowest BCUT2D eigenvalue weighted by atomic mass is 10.3. The Bertz CT molecular complexity index is 548. The van der Waals surface area contributed by atoms with Gasteiger partial charge in [-0.05, 0) is 34.1 Å². The molecule has 9 heteroatoms. The van der Waals surface area contributed by atoms with Crippen molar-refractivity contribution in [2.75, 3.05) is 30.7 Å². The highest BCUT2D eigenvalue weighted by Crippen LogP contribution is 2.24.